The number of anilines is 1. The van der Waals surface area contributed by atoms with Crippen LogP contribution in [-0.2, 0) is 6.54 Å². The summed E-state index contributed by atoms with van der Waals surface area (Å²) in [5.74, 6) is 0.257. The topological polar surface area (TPSA) is 60.1 Å². The number of nitrogens with one attached hydrogen (secondary N) is 1. The van der Waals surface area contributed by atoms with Gasteiger partial charge < -0.3 is 8.98 Å². The van der Waals surface area contributed by atoms with Gasteiger partial charge in [0.2, 0.25) is 0 Å². The Morgan fingerprint density at radius 2 is 2.00 bits per heavy atom. The van der Waals surface area contributed by atoms with Crippen molar-refractivity contribution in [2.24, 2.45) is 0 Å². The Kier molecular flexibility index (Phi) is 4.87. The molecule has 0 fully saturated rings. The first-order valence-electron chi connectivity index (χ1n) is 10.3. The molecule has 0 radical (unpaired) electrons. The Bertz CT molecular complexity index is 1410. The number of hydrogen-bond acceptors (Lipinski definition) is 4. The van der Waals surface area contributed by atoms with Gasteiger partial charge in [-0.1, -0.05) is 55.5 Å². The Morgan fingerprint density at radius 1 is 1.16 bits per heavy atom. The second-order valence-electron chi connectivity index (χ2n) is 8.07. The lowest BCUT2D eigenvalue weighted by Crippen LogP contribution is -2.17. The highest BCUT2D eigenvalue weighted by atomic mass is 32.1. The zero-order valence-corrected chi connectivity index (χ0v) is 18.5. The van der Waals surface area contributed by atoms with Crippen molar-refractivity contribution in [3.63, 3.8) is 0 Å². The van der Waals surface area contributed by atoms with Gasteiger partial charge in [-0.05, 0) is 41.7 Å². The fourth-order valence-corrected chi connectivity index (χ4v) is 4.72. The highest BCUT2D eigenvalue weighted by molar-refractivity contribution is 7.22. The number of aromatic nitrogens is 2. The van der Waals surface area contributed by atoms with E-state index in [2.05, 4.69) is 55.3 Å². The first-order chi connectivity index (χ1) is 15.0. The van der Waals surface area contributed by atoms with Gasteiger partial charge in [0.1, 0.15) is 5.69 Å². The third kappa shape index (κ3) is 3.64. The molecule has 3 aromatic heterocycles. The van der Waals surface area contributed by atoms with E-state index in [4.69, 9.17) is 4.42 Å². The zero-order chi connectivity index (χ0) is 21.5. The first-order valence-corrected chi connectivity index (χ1v) is 11.1. The molecule has 5 nitrogen and oxygen atoms in total. The van der Waals surface area contributed by atoms with Crippen LogP contribution in [0.4, 0.5) is 5.13 Å². The van der Waals surface area contributed by atoms with E-state index in [0.717, 1.165) is 21.3 Å². The highest BCUT2D eigenvalue weighted by Crippen LogP contribution is 2.30. The number of fused-ring (bicyclic) bond motifs is 2. The summed E-state index contributed by atoms with van der Waals surface area (Å²) in [5, 5.41) is 3.59. The van der Waals surface area contributed by atoms with Crippen molar-refractivity contribution in [2.45, 2.75) is 33.2 Å². The second kappa shape index (κ2) is 7.71. The average molecular weight is 430 g/mol. The van der Waals surface area contributed by atoms with Crippen LogP contribution in [0, 0.1) is 6.92 Å². The SMILES string of the molecule is Cc1ccccc1Cn1c(C(=O)Nc2nc3ccc(C(C)C)cc3s2)cc2occc21. The van der Waals surface area contributed by atoms with Crippen LogP contribution in [0.3, 0.4) is 0 Å². The van der Waals surface area contributed by atoms with Crippen LogP contribution in [0.2, 0.25) is 0 Å². The Morgan fingerprint density at radius 3 is 2.81 bits per heavy atom. The number of rotatable bonds is 5. The van der Waals surface area contributed by atoms with E-state index in [0.29, 0.717) is 28.9 Å². The van der Waals surface area contributed by atoms with Crippen LogP contribution in [-0.4, -0.2) is 15.5 Å². The van der Waals surface area contributed by atoms with E-state index < -0.39 is 0 Å². The monoisotopic (exact) mass is 429 g/mol. The van der Waals surface area contributed by atoms with Gasteiger partial charge in [0.05, 0.1) is 22.0 Å². The van der Waals surface area contributed by atoms with Crippen LogP contribution in [0.5, 0.6) is 0 Å². The normalized spacial score (nSPS) is 11.6. The molecule has 0 spiro atoms. The van der Waals surface area contributed by atoms with Gasteiger partial charge in [-0.2, -0.15) is 0 Å². The molecular weight excluding hydrogens is 406 g/mol. The van der Waals surface area contributed by atoms with Crippen LogP contribution in [0.25, 0.3) is 21.3 Å². The molecule has 156 valence electrons. The Hall–Kier alpha value is -3.38. The van der Waals surface area contributed by atoms with Crippen LogP contribution in [0.15, 0.2) is 65.3 Å². The van der Waals surface area contributed by atoms with Gasteiger partial charge in [0.15, 0.2) is 10.7 Å². The molecule has 0 atom stereocenters. The molecule has 31 heavy (non-hydrogen) atoms. The first kappa shape index (κ1) is 19.6. The third-order valence-corrected chi connectivity index (χ3v) is 6.58. The highest BCUT2D eigenvalue weighted by Gasteiger charge is 2.19. The number of hydrogen-bond donors (Lipinski definition) is 1. The molecular formula is C25H23N3O2S. The van der Waals surface area contributed by atoms with Gasteiger partial charge in [-0.15, -0.1) is 0 Å². The van der Waals surface area contributed by atoms with Crippen molar-refractivity contribution >= 4 is 43.7 Å². The van der Waals surface area contributed by atoms with E-state index in [1.807, 2.05) is 28.8 Å². The van der Waals surface area contributed by atoms with Gasteiger partial charge >= 0.3 is 0 Å². The fraction of sp³-hybridized carbons (Fsp3) is 0.200. The molecule has 0 saturated carbocycles. The fourth-order valence-electron chi connectivity index (χ4n) is 3.81. The van der Waals surface area contributed by atoms with E-state index in [1.165, 1.54) is 22.5 Å². The summed E-state index contributed by atoms with van der Waals surface area (Å²) in [5.41, 5.74) is 6.67. The number of furan rings is 1. The van der Waals surface area contributed by atoms with E-state index in [-0.39, 0.29) is 5.91 Å². The molecule has 1 amide bonds. The summed E-state index contributed by atoms with van der Waals surface area (Å²) in [6.07, 6.45) is 1.65. The maximum absolute atomic E-state index is 13.2. The van der Waals surface area contributed by atoms with Crippen molar-refractivity contribution in [2.75, 3.05) is 5.32 Å². The zero-order valence-electron chi connectivity index (χ0n) is 17.7. The number of nitrogens with zero attached hydrogens (tertiary/aromatic N) is 2. The number of aryl methyl sites for hydroxylation is 1. The number of carbonyl (C=O) groups is 1. The van der Waals surface area contributed by atoms with Crippen LogP contribution in [0.1, 0.15) is 46.9 Å². The molecule has 6 heteroatoms. The van der Waals surface area contributed by atoms with E-state index in [9.17, 15) is 4.79 Å². The summed E-state index contributed by atoms with van der Waals surface area (Å²) in [4.78, 5) is 17.8. The van der Waals surface area contributed by atoms with Crippen LogP contribution >= 0.6 is 11.3 Å². The van der Waals surface area contributed by atoms with Gasteiger partial charge in [0, 0.05) is 18.7 Å². The Balaban J connectivity index is 1.48. The largest absolute Gasteiger partial charge is 0.463 e. The van der Waals surface area contributed by atoms with E-state index >= 15 is 0 Å². The molecule has 0 bridgehead atoms. The number of amides is 1. The molecule has 0 unspecified atom stereocenters. The maximum Gasteiger partial charge on any atom is 0.274 e. The summed E-state index contributed by atoms with van der Waals surface area (Å²) < 4.78 is 8.65. The predicted molar refractivity (Wildman–Crippen MR) is 126 cm³/mol. The van der Waals surface area contributed by atoms with Crippen molar-refractivity contribution in [1.29, 1.82) is 0 Å². The molecule has 5 aromatic rings. The molecule has 5 rings (SSSR count). The lowest BCUT2D eigenvalue weighted by Gasteiger charge is -2.11. The summed E-state index contributed by atoms with van der Waals surface area (Å²) >= 11 is 1.50. The van der Waals surface area contributed by atoms with Crippen molar-refractivity contribution in [3.05, 3.63) is 83.2 Å². The lowest BCUT2D eigenvalue weighted by molar-refractivity contribution is 0.101. The van der Waals surface area contributed by atoms with Crippen molar-refractivity contribution < 1.29 is 9.21 Å². The molecule has 0 saturated heterocycles. The third-order valence-electron chi connectivity index (χ3n) is 5.64. The molecule has 2 aromatic carbocycles. The summed E-state index contributed by atoms with van der Waals surface area (Å²) in [6, 6.07) is 18.2. The molecule has 0 aliphatic rings. The lowest BCUT2D eigenvalue weighted by atomic mass is 10.0. The summed E-state index contributed by atoms with van der Waals surface area (Å²) in [6.45, 7) is 7.01. The number of carbonyl (C=O) groups excluding carboxylic acids is 1. The van der Waals surface area contributed by atoms with Gasteiger partial charge in [-0.3, -0.25) is 10.1 Å². The minimum absolute atomic E-state index is 0.192. The Labute approximate surface area is 184 Å². The molecule has 0 aliphatic heterocycles. The number of benzene rings is 2. The van der Waals surface area contributed by atoms with Gasteiger partial charge in [-0.25, -0.2) is 4.98 Å². The van der Waals surface area contributed by atoms with E-state index in [1.54, 1.807) is 12.3 Å². The second-order valence-corrected chi connectivity index (χ2v) is 9.10. The standard InChI is InChI=1S/C25H23N3O2S/c1-15(2)17-8-9-19-23(12-17)31-25(26-19)27-24(29)21-13-22-20(10-11-30-22)28(21)14-18-7-5-4-6-16(18)3/h4-13,15H,14H2,1-3H3,(H,26,27,29). The summed E-state index contributed by atoms with van der Waals surface area (Å²) in [7, 11) is 0. The minimum atomic E-state index is -0.192. The molecule has 0 aliphatic carbocycles. The van der Waals surface area contributed by atoms with Crippen molar-refractivity contribution in [1.82, 2.24) is 9.55 Å². The average Bonchev–Trinajstić information content (AvgIpc) is 3.44. The molecule has 1 N–H and O–H groups in total. The predicted octanol–water partition coefficient (Wildman–Crippen LogP) is 6.58. The molecule has 3 heterocycles. The smallest absolute Gasteiger partial charge is 0.274 e. The number of thiazole rings is 1. The maximum atomic E-state index is 13.2. The van der Waals surface area contributed by atoms with Gasteiger partial charge in [0.25, 0.3) is 5.91 Å². The van der Waals surface area contributed by atoms with Crippen LogP contribution < -0.4 is 5.32 Å². The quantitative estimate of drug-likeness (QED) is 0.343. The van der Waals surface area contributed by atoms with Crippen molar-refractivity contribution in [3.8, 4) is 0 Å². The minimum Gasteiger partial charge on any atom is -0.463 e.